The van der Waals surface area contributed by atoms with Gasteiger partial charge in [-0.1, -0.05) is 70.9 Å². The van der Waals surface area contributed by atoms with E-state index in [4.69, 9.17) is 27.9 Å². The number of halogens is 2. The van der Waals surface area contributed by atoms with Crippen LogP contribution in [0.2, 0.25) is 0 Å². The van der Waals surface area contributed by atoms with Gasteiger partial charge in [0.25, 0.3) is 5.91 Å². The van der Waals surface area contributed by atoms with Crippen molar-refractivity contribution in [2.24, 2.45) is 17.3 Å². The normalized spacial score (nSPS) is 20.7. The van der Waals surface area contributed by atoms with Crippen molar-refractivity contribution in [1.29, 1.82) is 0 Å². The Kier molecular flexibility index (Phi) is 13.8. The van der Waals surface area contributed by atoms with Crippen molar-refractivity contribution in [2.75, 3.05) is 27.2 Å². The molecule has 6 atom stereocenters. The zero-order valence-corrected chi connectivity index (χ0v) is 32.8. The molecular formula is C36H52Cl2N6O8. The van der Waals surface area contributed by atoms with E-state index >= 15 is 0 Å². The van der Waals surface area contributed by atoms with Crippen molar-refractivity contribution in [3.05, 3.63) is 35.9 Å². The van der Waals surface area contributed by atoms with Crippen LogP contribution in [0.25, 0.3) is 0 Å². The number of ether oxygens (including phenoxy) is 1. The maximum atomic E-state index is 14.1. The van der Waals surface area contributed by atoms with Gasteiger partial charge >= 0.3 is 6.09 Å². The van der Waals surface area contributed by atoms with Crippen LogP contribution < -0.4 is 21.3 Å². The van der Waals surface area contributed by atoms with Gasteiger partial charge in [0.15, 0.2) is 0 Å². The Hall–Kier alpha value is -3.91. The van der Waals surface area contributed by atoms with Gasteiger partial charge in [-0.15, -0.1) is 23.2 Å². The second-order valence-electron chi connectivity index (χ2n) is 15.6. The Labute approximate surface area is 315 Å². The maximum absolute atomic E-state index is 14.1. The molecule has 1 aromatic rings. The Morgan fingerprint density at radius 2 is 1.58 bits per heavy atom. The number of fused-ring (bicyclic) bond motifs is 1. The van der Waals surface area contributed by atoms with Gasteiger partial charge in [0.05, 0.1) is 12.6 Å². The largest absolute Gasteiger partial charge is 0.444 e. The smallest absolute Gasteiger partial charge is 0.408 e. The Morgan fingerprint density at radius 3 is 2.12 bits per heavy atom. The summed E-state index contributed by atoms with van der Waals surface area (Å²) in [5.41, 5.74) is -1.09. The molecule has 1 saturated carbocycles. The van der Waals surface area contributed by atoms with E-state index in [1.807, 2.05) is 6.92 Å². The van der Waals surface area contributed by atoms with Gasteiger partial charge in [-0.2, -0.15) is 0 Å². The number of hydrogen-bond acceptors (Lipinski definition) is 8. The number of unbranched alkanes of at least 4 members (excludes halogenated alkanes) is 1. The summed E-state index contributed by atoms with van der Waals surface area (Å²) in [6.45, 7) is 11.6. The quantitative estimate of drug-likeness (QED) is 0.165. The van der Waals surface area contributed by atoms with Gasteiger partial charge in [-0.05, 0) is 38.2 Å². The highest BCUT2D eigenvalue weighted by molar-refractivity contribution is 6.51. The zero-order chi connectivity index (χ0) is 39.3. The molecule has 288 valence electrons. The number of alkyl halides is 2. The molecular weight excluding hydrogens is 715 g/mol. The molecule has 2 aliphatic rings. The van der Waals surface area contributed by atoms with E-state index in [2.05, 4.69) is 21.3 Å². The Morgan fingerprint density at radius 1 is 0.962 bits per heavy atom. The van der Waals surface area contributed by atoms with Gasteiger partial charge in [0.2, 0.25) is 29.4 Å². The van der Waals surface area contributed by atoms with Crippen molar-refractivity contribution in [1.82, 2.24) is 31.1 Å². The third kappa shape index (κ3) is 10.6. The number of hydrogen-bond donors (Lipinski definition) is 4. The number of nitrogens with one attached hydrogen (secondary N) is 4. The molecule has 1 saturated heterocycles. The predicted octanol–water partition coefficient (Wildman–Crippen LogP) is 2.86. The number of likely N-dealkylation sites (tertiary alicyclic amines) is 1. The molecule has 3 unspecified atom stereocenters. The molecule has 3 rings (SSSR count). The minimum Gasteiger partial charge on any atom is -0.444 e. The van der Waals surface area contributed by atoms with Crippen molar-refractivity contribution in [3.8, 4) is 0 Å². The summed E-state index contributed by atoms with van der Waals surface area (Å²) < 4.78 is 4.09. The Bertz CT molecular complexity index is 1520. The highest BCUT2D eigenvalue weighted by atomic mass is 35.5. The fourth-order valence-electron chi connectivity index (χ4n) is 6.12. The van der Waals surface area contributed by atoms with Gasteiger partial charge in [-0.25, -0.2) is 4.79 Å². The number of carbonyl (C=O) groups excluding carboxylic acids is 7. The van der Waals surface area contributed by atoms with Gasteiger partial charge in [0, 0.05) is 32.5 Å². The first-order valence-electron chi connectivity index (χ1n) is 17.4. The first-order chi connectivity index (χ1) is 24.0. The van der Waals surface area contributed by atoms with E-state index in [1.165, 1.54) is 9.80 Å². The van der Waals surface area contributed by atoms with E-state index in [1.54, 1.807) is 86.0 Å². The summed E-state index contributed by atoms with van der Waals surface area (Å²) in [4.78, 5) is 95.6. The molecule has 0 bridgehead atoms. The minimum absolute atomic E-state index is 0.0284. The number of benzene rings is 1. The van der Waals surface area contributed by atoms with Crippen LogP contribution in [-0.2, 0) is 33.5 Å². The van der Waals surface area contributed by atoms with Crippen LogP contribution in [0.5, 0.6) is 0 Å². The SMILES string of the molecule is CCCCC(NC(=O)[C@@H]1C2C(CN1C(=O)[C@@H](NC(=O)OC(C)(C)C)C(C)(C)C)C2(Cl)Cl)C(=O)C(=O)NCC(=O)N[C@H](C(=O)N(C)C)c1ccccc1. The summed E-state index contributed by atoms with van der Waals surface area (Å²) in [5, 5.41) is 10.2. The number of nitrogens with zero attached hydrogens (tertiary/aromatic N) is 2. The number of alkyl carbamates (subject to hydrolysis) is 1. The molecule has 14 nitrogen and oxygen atoms in total. The lowest BCUT2D eigenvalue weighted by Gasteiger charge is -2.37. The monoisotopic (exact) mass is 766 g/mol. The summed E-state index contributed by atoms with van der Waals surface area (Å²) in [7, 11) is 3.09. The number of piperidine rings is 1. The fourth-order valence-corrected chi connectivity index (χ4v) is 6.94. The molecule has 1 aromatic carbocycles. The van der Waals surface area contributed by atoms with Crippen molar-refractivity contribution >= 4 is 64.6 Å². The summed E-state index contributed by atoms with van der Waals surface area (Å²) >= 11 is 13.1. The first kappa shape index (κ1) is 42.5. The van der Waals surface area contributed by atoms with Crippen LogP contribution in [0.1, 0.15) is 79.3 Å². The number of ketones is 1. The lowest BCUT2D eigenvalue weighted by molar-refractivity contribution is -0.145. The van der Waals surface area contributed by atoms with Crippen LogP contribution in [0.4, 0.5) is 4.79 Å². The highest BCUT2D eigenvalue weighted by Gasteiger charge is 2.74. The molecule has 0 spiro atoms. The lowest BCUT2D eigenvalue weighted by atomic mass is 9.85. The predicted molar refractivity (Wildman–Crippen MR) is 195 cm³/mol. The number of likely N-dealkylation sites (N-methyl/N-ethyl adjacent to an activating group) is 1. The van der Waals surface area contributed by atoms with Crippen LogP contribution in [-0.4, -0.2) is 106 Å². The Balaban J connectivity index is 1.76. The standard InChI is InChI=1S/C36H52Cl2N6O8/c1-10-11-17-22(27(46)30(48)39-18-23(45)41-25(31(49)43(8)9)20-15-13-12-14-16-20)40-29(47)26-24-21(36(24,37)38)19-44(26)32(50)28(34(2,3)4)42-33(51)52-35(5,6)7/h12-16,21-22,24-26,28H,10-11,17-19H2,1-9H3,(H,39,48)(H,40,47)(H,41,45)(H,42,51)/t21?,22?,24?,25-,26-,28+/m0/s1. The average molecular weight is 768 g/mol. The lowest BCUT2D eigenvalue weighted by Crippen LogP contribution is -2.61. The number of Topliss-reactive ketones (excluding diaryl/α,β-unsaturated/α-hetero) is 1. The van der Waals surface area contributed by atoms with Gasteiger partial charge < -0.3 is 35.8 Å². The highest BCUT2D eigenvalue weighted by Crippen LogP contribution is 2.65. The maximum Gasteiger partial charge on any atom is 0.408 e. The molecule has 0 aromatic heterocycles. The third-order valence-electron chi connectivity index (χ3n) is 8.90. The number of rotatable bonds is 14. The van der Waals surface area contributed by atoms with Crippen molar-refractivity contribution in [2.45, 2.75) is 102 Å². The summed E-state index contributed by atoms with van der Waals surface area (Å²) in [6, 6.07) is 3.94. The molecule has 0 radical (unpaired) electrons. The molecule has 1 aliphatic heterocycles. The second kappa shape index (κ2) is 16.8. The van der Waals surface area contributed by atoms with Crippen LogP contribution in [0.3, 0.4) is 0 Å². The van der Waals surface area contributed by atoms with Crippen LogP contribution in [0, 0.1) is 17.3 Å². The minimum atomic E-state index is -1.30. The second-order valence-corrected chi connectivity index (χ2v) is 17.0. The molecule has 1 aliphatic carbocycles. The summed E-state index contributed by atoms with van der Waals surface area (Å²) in [6.07, 6.45) is 0.399. The molecule has 2 fully saturated rings. The topological polar surface area (TPSA) is 183 Å². The molecule has 52 heavy (non-hydrogen) atoms. The fraction of sp³-hybridized carbons (Fsp3) is 0.639. The van der Waals surface area contributed by atoms with Crippen LogP contribution in [0.15, 0.2) is 30.3 Å². The number of carbonyl (C=O) groups is 7. The average Bonchev–Trinajstić information content (AvgIpc) is 3.35. The molecule has 1 heterocycles. The molecule has 16 heteroatoms. The number of amides is 6. The van der Waals surface area contributed by atoms with Gasteiger partial charge in [-0.3, -0.25) is 28.8 Å². The van der Waals surface area contributed by atoms with Crippen LogP contribution >= 0.6 is 23.2 Å². The third-order valence-corrected chi connectivity index (χ3v) is 9.96. The van der Waals surface area contributed by atoms with Crippen molar-refractivity contribution < 1.29 is 38.3 Å². The zero-order valence-electron chi connectivity index (χ0n) is 31.3. The molecule has 6 amide bonds. The van der Waals surface area contributed by atoms with E-state index in [0.717, 1.165) is 0 Å². The first-order valence-corrected chi connectivity index (χ1v) is 18.1. The van der Waals surface area contributed by atoms with Crippen molar-refractivity contribution in [3.63, 3.8) is 0 Å². The van der Waals surface area contributed by atoms with E-state index < -0.39 is 99.3 Å². The van der Waals surface area contributed by atoms with E-state index in [-0.39, 0.29) is 13.0 Å². The van der Waals surface area contributed by atoms with E-state index in [9.17, 15) is 33.6 Å². The molecule has 4 N–H and O–H groups in total. The summed E-state index contributed by atoms with van der Waals surface area (Å²) in [5.74, 6) is -5.62. The van der Waals surface area contributed by atoms with Gasteiger partial charge in [0.1, 0.15) is 28.1 Å². The van der Waals surface area contributed by atoms with E-state index in [0.29, 0.717) is 18.4 Å².